The van der Waals surface area contributed by atoms with Crippen LogP contribution in [0.3, 0.4) is 0 Å². The van der Waals surface area contributed by atoms with Crippen molar-refractivity contribution in [2.24, 2.45) is 0 Å². The molecule has 5 nitrogen and oxygen atoms in total. The van der Waals surface area contributed by atoms with Gasteiger partial charge in [0, 0.05) is 24.2 Å². The van der Waals surface area contributed by atoms with Crippen LogP contribution in [0, 0.1) is 0 Å². The molecule has 0 radical (unpaired) electrons. The molecular formula is C14H28N2O3. The van der Waals surface area contributed by atoms with Gasteiger partial charge in [-0.1, -0.05) is 6.92 Å². The van der Waals surface area contributed by atoms with E-state index in [1.807, 2.05) is 34.6 Å². The largest absolute Gasteiger partial charge is 0.372 e. The molecule has 0 aromatic heterocycles. The Kier molecular flexibility index (Phi) is 4.98. The van der Waals surface area contributed by atoms with Crippen molar-refractivity contribution in [3.63, 3.8) is 0 Å². The summed E-state index contributed by atoms with van der Waals surface area (Å²) >= 11 is 0. The molecule has 1 saturated heterocycles. The average Bonchev–Trinajstić information content (AvgIpc) is 2.26. The van der Waals surface area contributed by atoms with E-state index in [0.29, 0.717) is 6.42 Å². The Labute approximate surface area is 116 Å². The number of nitrogens with one attached hydrogen (secondary N) is 1. The predicted molar refractivity (Wildman–Crippen MR) is 74.0 cm³/mol. The third kappa shape index (κ3) is 3.68. The van der Waals surface area contributed by atoms with Gasteiger partial charge in [-0.15, -0.1) is 0 Å². The number of carbonyl (C=O) groups excluding carboxylic acids is 1. The van der Waals surface area contributed by atoms with Crippen molar-refractivity contribution < 1.29 is 14.7 Å². The lowest BCUT2D eigenvalue weighted by Gasteiger charge is -2.51. The lowest BCUT2D eigenvalue weighted by atomic mass is 9.79. The van der Waals surface area contributed by atoms with Crippen molar-refractivity contribution in [3.05, 3.63) is 0 Å². The van der Waals surface area contributed by atoms with Gasteiger partial charge in [-0.25, -0.2) is 0 Å². The van der Waals surface area contributed by atoms with E-state index >= 15 is 0 Å². The Balaban J connectivity index is 2.73. The van der Waals surface area contributed by atoms with Crippen LogP contribution in [-0.2, 0) is 9.53 Å². The topological polar surface area (TPSA) is 61.8 Å². The van der Waals surface area contributed by atoms with Crippen LogP contribution in [0.4, 0.5) is 0 Å². The maximum Gasteiger partial charge on any atom is 0.249 e. The molecule has 1 unspecified atom stereocenters. The molecule has 2 N–H and O–H groups in total. The number of hydroxylamine groups is 2. The van der Waals surface area contributed by atoms with Crippen molar-refractivity contribution in [2.45, 2.75) is 77.1 Å². The highest BCUT2D eigenvalue weighted by atomic mass is 16.5. The van der Waals surface area contributed by atoms with Crippen LogP contribution >= 0.6 is 0 Å². The summed E-state index contributed by atoms with van der Waals surface area (Å²) in [6.45, 7) is 9.88. The van der Waals surface area contributed by atoms with Crippen LogP contribution < -0.4 is 5.32 Å². The van der Waals surface area contributed by atoms with Crippen molar-refractivity contribution in [1.82, 2.24) is 10.4 Å². The highest BCUT2D eigenvalue weighted by Crippen LogP contribution is 2.36. The summed E-state index contributed by atoms with van der Waals surface area (Å²) in [7, 11) is 1.55. The van der Waals surface area contributed by atoms with Gasteiger partial charge in [0.15, 0.2) is 0 Å². The Morgan fingerprint density at radius 2 is 1.84 bits per heavy atom. The number of amides is 1. The van der Waals surface area contributed by atoms with E-state index in [2.05, 4.69) is 5.32 Å². The molecule has 1 rings (SSSR count). The SMILES string of the molecule is CCC(OC)C(=O)NC1CC(C)(C)N(O)C(C)(C)C1. The Bertz CT molecular complexity index is 307. The molecule has 1 heterocycles. The Hall–Kier alpha value is -0.650. The predicted octanol–water partition coefficient (Wildman–Crippen LogP) is 1.94. The van der Waals surface area contributed by atoms with Gasteiger partial charge in [0.2, 0.25) is 5.91 Å². The van der Waals surface area contributed by atoms with E-state index in [-0.39, 0.29) is 23.0 Å². The molecular weight excluding hydrogens is 244 g/mol. The minimum atomic E-state index is -0.390. The summed E-state index contributed by atoms with van der Waals surface area (Å²) in [6.07, 6.45) is 1.71. The first kappa shape index (κ1) is 16.4. The van der Waals surface area contributed by atoms with E-state index < -0.39 is 6.10 Å². The molecule has 0 spiro atoms. The minimum Gasteiger partial charge on any atom is -0.372 e. The van der Waals surface area contributed by atoms with E-state index in [4.69, 9.17) is 4.74 Å². The molecule has 0 aromatic carbocycles. The minimum absolute atomic E-state index is 0.0603. The lowest BCUT2D eigenvalue weighted by molar-refractivity contribution is -0.246. The Morgan fingerprint density at radius 1 is 1.37 bits per heavy atom. The molecule has 5 heteroatoms. The molecule has 1 amide bonds. The van der Waals surface area contributed by atoms with Crippen molar-refractivity contribution in [2.75, 3.05) is 7.11 Å². The Morgan fingerprint density at radius 3 is 2.21 bits per heavy atom. The van der Waals surface area contributed by atoms with Gasteiger partial charge >= 0.3 is 0 Å². The monoisotopic (exact) mass is 272 g/mol. The number of methoxy groups -OCH3 is 1. The van der Waals surface area contributed by atoms with Crippen LogP contribution in [0.1, 0.15) is 53.9 Å². The fourth-order valence-corrected chi connectivity index (χ4v) is 3.13. The highest BCUT2D eigenvalue weighted by molar-refractivity contribution is 5.81. The first-order chi connectivity index (χ1) is 8.64. The van der Waals surface area contributed by atoms with E-state index in [9.17, 15) is 10.0 Å². The molecule has 0 saturated carbocycles. The number of rotatable bonds is 4. The molecule has 1 atom stereocenters. The third-order valence-corrected chi connectivity index (χ3v) is 3.93. The van der Waals surface area contributed by atoms with Crippen LogP contribution in [0.25, 0.3) is 0 Å². The van der Waals surface area contributed by atoms with Crippen molar-refractivity contribution in [3.8, 4) is 0 Å². The summed E-state index contributed by atoms with van der Waals surface area (Å²) in [5, 5.41) is 14.7. The number of hydrogen-bond donors (Lipinski definition) is 2. The van der Waals surface area contributed by atoms with E-state index in [1.54, 1.807) is 7.11 Å². The van der Waals surface area contributed by atoms with E-state index in [1.165, 1.54) is 5.06 Å². The number of carbonyl (C=O) groups is 1. The van der Waals surface area contributed by atoms with Crippen molar-refractivity contribution >= 4 is 5.91 Å². The zero-order valence-electron chi connectivity index (χ0n) is 13.0. The van der Waals surface area contributed by atoms with Crippen LogP contribution in [-0.4, -0.2) is 46.5 Å². The molecule has 1 fully saturated rings. The second kappa shape index (κ2) is 5.77. The molecule has 112 valence electrons. The molecule has 0 bridgehead atoms. The van der Waals surface area contributed by atoms with Gasteiger partial charge in [-0.3, -0.25) is 4.79 Å². The number of hydrogen-bond acceptors (Lipinski definition) is 4. The molecule has 1 aliphatic heterocycles. The van der Waals surface area contributed by atoms with Gasteiger partial charge in [-0.2, -0.15) is 5.06 Å². The summed E-state index contributed by atoms with van der Waals surface area (Å²) in [4.78, 5) is 12.1. The number of ether oxygens (including phenoxy) is 1. The van der Waals surface area contributed by atoms with E-state index in [0.717, 1.165) is 12.8 Å². The average molecular weight is 272 g/mol. The molecule has 19 heavy (non-hydrogen) atoms. The fourth-order valence-electron chi connectivity index (χ4n) is 3.13. The van der Waals surface area contributed by atoms with Crippen LogP contribution in [0.2, 0.25) is 0 Å². The summed E-state index contributed by atoms with van der Waals surface area (Å²) in [5.41, 5.74) is -0.705. The van der Waals surface area contributed by atoms with Gasteiger partial charge in [-0.05, 0) is 47.0 Å². The maximum absolute atomic E-state index is 12.1. The normalized spacial score (nSPS) is 25.0. The van der Waals surface area contributed by atoms with Gasteiger partial charge in [0.1, 0.15) is 6.10 Å². The fraction of sp³-hybridized carbons (Fsp3) is 0.929. The highest BCUT2D eigenvalue weighted by Gasteiger charge is 2.45. The molecule has 1 aliphatic rings. The number of piperidine rings is 1. The second-order valence-corrected chi connectivity index (χ2v) is 6.68. The van der Waals surface area contributed by atoms with Crippen LogP contribution in [0.5, 0.6) is 0 Å². The first-order valence-corrected chi connectivity index (χ1v) is 6.96. The quantitative estimate of drug-likeness (QED) is 0.821. The summed E-state index contributed by atoms with van der Waals surface area (Å²) < 4.78 is 5.16. The zero-order chi connectivity index (χ0) is 14.8. The third-order valence-electron chi connectivity index (χ3n) is 3.93. The van der Waals surface area contributed by atoms with Crippen molar-refractivity contribution in [1.29, 1.82) is 0 Å². The maximum atomic E-state index is 12.1. The molecule has 0 aromatic rings. The van der Waals surface area contributed by atoms with Gasteiger partial charge < -0.3 is 15.3 Å². The van der Waals surface area contributed by atoms with Gasteiger partial charge in [0.05, 0.1) is 0 Å². The second-order valence-electron chi connectivity index (χ2n) is 6.68. The summed E-state index contributed by atoms with van der Waals surface area (Å²) in [5.74, 6) is -0.0620. The standard InChI is InChI=1S/C14H28N2O3/c1-7-11(19-6)12(17)15-10-8-13(2,3)16(18)14(4,5)9-10/h10-11,18H,7-9H2,1-6H3,(H,15,17). The molecule has 0 aliphatic carbocycles. The summed E-state index contributed by atoms with van der Waals surface area (Å²) in [6, 6.07) is 0.0603. The number of nitrogens with zero attached hydrogens (tertiary/aromatic N) is 1. The van der Waals surface area contributed by atoms with Gasteiger partial charge in [0.25, 0.3) is 0 Å². The smallest absolute Gasteiger partial charge is 0.249 e. The zero-order valence-corrected chi connectivity index (χ0v) is 13.0. The lowest BCUT2D eigenvalue weighted by Crippen LogP contribution is -2.63. The van der Waals surface area contributed by atoms with Crippen LogP contribution in [0.15, 0.2) is 0 Å². The first-order valence-electron chi connectivity index (χ1n) is 6.96.